The lowest BCUT2D eigenvalue weighted by Gasteiger charge is -2.17. The van der Waals surface area contributed by atoms with Crippen LogP contribution in [0.3, 0.4) is 0 Å². The maximum Gasteiger partial charge on any atom is 0.220 e. The van der Waals surface area contributed by atoms with Gasteiger partial charge in [-0.25, -0.2) is 9.97 Å². The number of pyridine rings is 2. The minimum Gasteiger partial charge on any atom is -0.478 e. The van der Waals surface area contributed by atoms with Crippen LogP contribution in [-0.2, 0) is 22.7 Å². The van der Waals surface area contributed by atoms with Crippen LogP contribution in [0.25, 0.3) is 22.3 Å². The number of rotatable bonds is 10. The van der Waals surface area contributed by atoms with Gasteiger partial charge < -0.3 is 14.2 Å². The summed E-state index contributed by atoms with van der Waals surface area (Å²) in [4.78, 5) is 22.4. The average Bonchev–Trinajstić information content (AvgIpc) is 2.77. The molecule has 0 spiro atoms. The summed E-state index contributed by atoms with van der Waals surface area (Å²) in [6.45, 7) is 7.29. The van der Waals surface area contributed by atoms with Crippen molar-refractivity contribution in [2.24, 2.45) is 0 Å². The van der Waals surface area contributed by atoms with Gasteiger partial charge in [-0.15, -0.1) is 0 Å². The van der Waals surface area contributed by atoms with E-state index in [1.807, 2.05) is 45.0 Å². The van der Waals surface area contributed by atoms with E-state index in [0.29, 0.717) is 54.6 Å². The molecule has 30 heavy (non-hydrogen) atoms. The maximum absolute atomic E-state index is 12.8. The number of benzene rings is 1. The fraction of sp³-hybridized carbons (Fsp3) is 0.375. The van der Waals surface area contributed by atoms with Crippen molar-refractivity contribution in [3.8, 4) is 17.3 Å². The van der Waals surface area contributed by atoms with Crippen molar-refractivity contribution in [2.75, 3.05) is 20.3 Å². The van der Waals surface area contributed by atoms with Gasteiger partial charge >= 0.3 is 0 Å². The summed E-state index contributed by atoms with van der Waals surface area (Å²) in [5, 5.41) is 1.02. The third-order valence-electron chi connectivity index (χ3n) is 4.78. The minimum absolute atomic E-state index is 0.0170. The normalized spacial score (nSPS) is 11.1. The molecular weight excluding hydrogens is 380 g/mol. The smallest absolute Gasteiger partial charge is 0.220 e. The lowest BCUT2D eigenvalue weighted by Crippen LogP contribution is -2.11. The average molecular weight is 408 g/mol. The fourth-order valence-corrected chi connectivity index (χ4v) is 3.36. The highest BCUT2D eigenvalue weighted by Gasteiger charge is 2.21. The number of carbonyl (C=O) groups is 1. The van der Waals surface area contributed by atoms with E-state index in [4.69, 9.17) is 24.2 Å². The van der Waals surface area contributed by atoms with Crippen LogP contribution in [0.5, 0.6) is 5.88 Å². The topological polar surface area (TPSA) is 70.5 Å². The Morgan fingerprint density at radius 1 is 1.00 bits per heavy atom. The van der Waals surface area contributed by atoms with Gasteiger partial charge in [-0.3, -0.25) is 4.79 Å². The van der Waals surface area contributed by atoms with E-state index < -0.39 is 0 Å². The van der Waals surface area contributed by atoms with Gasteiger partial charge in [-0.1, -0.05) is 25.1 Å². The molecule has 2 heterocycles. The number of hydrogen-bond acceptors (Lipinski definition) is 6. The molecule has 0 N–H and O–H groups in total. The first kappa shape index (κ1) is 21.9. The number of para-hydroxylation sites is 1. The molecule has 2 aromatic heterocycles. The van der Waals surface area contributed by atoms with Crippen LogP contribution in [0.2, 0.25) is 0 Å². The predicted molar refractivity (Wildman–Crippen MR) is 117 cm³/mol. The molecule has 3 rings (SSSR count). The molecule has 6 nitrogen and oxygen atoms in total. The Bertz CT molecular complexity index is 1030. The lowest BCUT2D eigenvalue weighted by atomic mass is 10.00. The van der Waals surface area contributed by atoms with E-state index >= 15 is 0 Å². The molecular formula is C24H28N2O4. The highest BCUT2D eigenvalue weighted by molar-refractivity contribution is 5.98. The molecule has 0 amide bonds. The Labute approximate surface area is 177 Å². The first-order valence-corrected chi connectivity index (χ1v) is 10.3. The first-order valence-electron chi connectivity index (χ1n) is 10.3. The van der Waals surface area contributed by atoms with E-state index in [-0.39, 0.29) is 12.4 Å². The molecule has 0 aliphatic rings. The Hall–Kier alpha value is -2.83. The fourth-order valence-electron chi connectivity index (χ4n) is 3.36. The van der Waals surface area contributed by atoms with E-state index in [9.17, 15) is 4.79 Å². The molecule has 0 radical (unpaired) electrons. The zero-order valence-corrected chi connectivity index (χ0v) is 18.0. The third-order valence-corrected chi connectivity index (χ3v) is 4.78. The zero-order chi connectivity index (χ0) is 21.5. The molecule has 0 saturated heterocycles. The quantitative estimate of drug-likeness (QED) is 0.441. The van der Waals surface area contributed by atoms with E-state index in [1.165, 1.54) is 0 Å². The van der Waals surface area contributed by atoms with Gasteiger partial charge in [0.2, 0.25) is 5.88 Å². The molecule has 0 aliphatic carbocycles. The molecule has 6 heteroatoms. The summed E-state index contributed by atoms with van der Waals surface area (Å²) < 4.78 is 16.8. The summed E-state index contributed by atoms with van der Waals surface area (Å²) in [5.41, 5.74) is 4.28. The second-order valence-electron chi connectivity index (χ2n) is 6.81. The van der Waals surface area contributed by atoms with E-state index in [2.05, 4.69) is 6.07 Å². The number of nitrogens with zero attached hydrogens (tertiary/aromatic N) is 2. The van der Waals surface area contributed by atoms with Gasteiger partial charge in [0.1, 0.15) is 0 Å². The Morgan fingerprint density at radius 3 is 2.50 bits per heavy atom. The molecule has 0 atom stereocenters. The van der Waals surface area contributed by atoms with Gasteiger partial charge in [0.25, 0.3) is 0 Å². The maximum atomic E-state index is 12.8. The summed E-state index contributed by atoms with van der Waals surface area (Å²) in [6, 6.07) is 11.8. The van der Waals surface area contributed by atoms with Crippen LogP contribution in [0.4, 0.5) is 0 Å². The molecule has 0 fully saturated rings. The molecule has 0 aliphatic heterocycles. The van der Waals surface area contributed by atoms with Crippen molar-refractivity contribution < 1.29 is 19.0 Å². The second kappa shape index (κ2) is 10.3. The summed E-state index contributed by atoms with van der Waals surface area (Å²) in [5.74, 6) is 0.432. The number of ketones is 1. The van der Waals surface area contributed by atoms with Crippen molar-refractivity contribution in [2.45, 2.75) is 40.4 Å². The Kier molecular flexibility index (Phi) is 7.49. The van der Waals surface area contributed by atoms with Crippen LogP contribution in [0.1, 0.15) is 48.7 Å². The number of Topliss-reactive ketones (excluding diaryl/α,β-unsaturated/α-hetero) is 1. The molecule has 0 saturated carbocycles. The van der Waals surface area contributed by atoms with Crippen LogP contribution in [0, 0.1) is 0 Å². The molecule has 158 valence electrons. The van der Waals surface area contributed by atoms with Crippen LogP contribution in [-0.4, -0.2) is 36.1 Å². The lowest BCUT2D eigenvalue weighted by molar-refractivity contribution is 0.0974. The largest absolute Gasteiger partial charge is 0.478 e. The predicted octanol–water partition coefficient (Wildman–Crippen LogP) is 4.97. The van der Waals surface area contributed by atoms with Gasteiger partial charge in [0.15, 0.2) is 5.78 Å². The van der Waals surface area contributed by atoms with Gasteiger partial charge in [0.05, 0.1) is 42.3 Å². The van der Waals surface area contributed by atoms with Crippen molar-refractivity contribution >= 4 is 16.7 Å². The first-order chi connectivity index (χ1) is 14.6. The molecule has 1 aromatic carbocycles. The van der Waals surface area contributed by atoms with E-state index in [1.54, 1.807) is 13.2 Å². The van der Waals surface area contributed by atoms with Crippen molar-refractivity contribution in [3.05, 3.63) is 53.1 Å². The van der Waals surface area contributed by atoms with Gasteiger partial charge in [0, 0.05) is 36.7 Å². The Balaban J connectivity index is 2.25. The van der Waals surface area contributed by atoms with Gasteiger partial charge in [-0.2, -0.15) is 0 Å². The highest BCUT2D eigenvalue weighted by Crippen LogP contribution is 2.31. The monoisotopic (exact) mass is 408 g/mol. The second-order valence-corrected chi connectivity index (χ2v) is 6.81. The number of aromatic nitrogens is 2. The molecule has 3 aromatic rings. The summed E-state index contributed by atoms with van der Waals surface area (Å²) >= 11 is 0. The van der Waals surface area contributed by atoms with Crippen molar-refractivity contribution in [1.29, 1.82) is 0 Å². The summed E-state index contributed by atoms with van der Waals surface area (Å²) in [6.07, 6.45) is 0.379. The number of fused-ring (bicyclic) bond motifs is 1. The zero-order valence-electron chi connectivity index (χ0n) is 18.0. The standard InChI is InChI=1S/C24H28N2O4/c1-5-22(27)18-13-21(26-24(30-7-3)19(18)15-29-6-2)23-17(14-28-4)12-16-10-8-9-11-20(16)25-23/h8-13H,5-7,14-15H2,1-4H3. The number of ether oxygens (including phenoxy) is 3. The van der Waals surface area contributed by atoms with E-state index in [0.717, 1.165) is 16.5 Å². The Morgan fingerprint density at radius 2 is 1.80 bits per heavy atom. The SMILES string of the molecule is CCOCc1c(C(=O)CC)cc(-c2nc3ccccc3cc2COC)nc1OCC. The molecule has 0 unspecified atom stereocenters. The highest BCUT2D eigenvalue weighted by atomic mass is 16.5. The van der Waals surface area contributed by atoms with Crippen LogP contribution < -0.4 is 4.74 Å². The third kappa shape index (κ3) is 4.66. The number of methoxy groups -OCH3 is 1. The summed E-state index contributed by atoms with van der Waals surface area (Å²) in [7, 11) is 1.65. The molecule has 0 bridgehead atoms. The van der Waals surface area contributed by atoms with Crippen LogP contribution in [0.15, 0.2) is 36.4 Å². The minimum atomic E-state index is 0.0170. The number of carbonyl (C=O) groups excluding carboxylic acids is 1. The van der Waals surface area contributed by atoms with Crippen molar-refractivity contribution in [3.63, 3.8) is 0 Å². The van der Waals surface area contributed by atoms with Crippen LogP contribution >= 0.6 is 0 Å². The van der Waals surface area contributed by atoms with Gasteiger partial charge in [-0.05, 0) is 32.0 Å². The number of hydrogen-bond donors (Lipinski definition) is 0. The van der Waals surface area contributed by atoms with Crippen molar-refractivity contribution in [1.82, 2.24) is 9.97 Å².